The Bertz CT molecular complexity index is 806. The highest BCUT2D eigenvalue weighted by Crippen LogP contribution is 2.67. The van der Waals surface area contributed by atoms with Crippen molar-refractivity contribution in [2.24, 2.45) is 46.3 Å². The molecule has 4 rings (SSSR count). The van der Waals surface area contributed by atoms with Gasteiger partial charge in [0.25, 0.3) is 0 Å². The molecule has 4 aliphatic carbocycles. The van der Waals surface area contributed by atoms with E-state index in [-0.39, 0.29) is 12.1 Å². The summed E-state index contributed by atoms with van der Waals surface area (Å²) in [6.07, 6.45) is 18.9. The smallest absolute Gasteiger partial charge is 0.333 e. The molecule has 0 radical (unpaired) electrons. The quantitative estimate of drug-likeness (QED) is 0.212. The molecule has 0 amide bonds. The molecule has 0 saturated heterocycles. The Kier molecular flexibility index (Phi) is 7.76. The van der Waals surface area contributed by atoms with Crippen molar-refractivity contribution in [3.05, 3.63) is 23.3 Å². The minimum Gasteiger partial charge on any atom is -0.459 e. The lowest BCUT2D eigenvalue weighted by Crippen LogP contribution is -2.51. The van der Waals surface area contributed by atoms with E-state index >= 15 is 0 Å². The van der Waals surface area contributed by atoms with Gasteiger partial charge in [-0.3, -0.25) is 0 Å². The third-order valence-electron chi connectivity index (χ3n) is 11.3. The molecule has 0 aromatic carbocycles. The molecule has 0 N–H and O–H groups in total. The Morgan fingerprint density at radius 3 is 2.56 bits per heavy atom. The molecule has 34 heavy (non-hydrogen) atoms. The van der Waals surface area contributed by atoms with Crippen molar-refractivity contribution in [1.29, 1.82) is 0 Å². The summed E-state index contributed by atoms with van der Waals surface area (Å²) in [5, 5.41) is 0. The van der Waals surface area contributed by atoms with Crippen molar-refractivity contribution in [2.45, 2.75) is 125 Å². The van der Waals surface area contributed by atoms with Gasteiger partial charge in [-0.1, -0.05) is 71.6 Å². The van der Waals surface area contributed by atoms with Gasteiger partial charge >= 0.3 is 5.97 Å². The van der Waals surface area contributed by atoms with Crippen LogP contribution >= 0.6 is 0 Å². The topological polar surface area (TPSA) is 26.3 Å². The number of carbonyl (C=O) groups excluding carboxylic acids is 1. The number of allylic oxidation sites excluding steroid dienone is 2. The number of esters is 1. The summed E-state index contributed by atoms with van der Waals surface area (Å²) < 4.78 is 5.90. The van der Waals surface area contributed by atoms with E-state index in [0.29, 0.717) is 10.8 Å². The number of carbonyl (C=O) groups is 1. The summed E-state index contributed by atoms with van der Waals surface area (Å²) >= 11 is 0. The maximum Gasteiger partial charge on any atom is 0.333 e. The first kappa shape index (κ1) is 26.0. The van der Waals surface area contributed by atoms with E-state index < -0.39 is 0 Å². The normalized spacial score (nSPS) is 40.8. The Labute approximate surface area is 210 Å². The van der Waals surface area contributed by atoms with Gasteiger partial charge in [-0.25, -0.2) is 4.79 Å². The maximum atomic E-state index is 12.3. The lowest BCUT2D eigenvalue weighted by molar-refractivity contribution is -0.146. The van der Waals surface area contributed by atoms with Crippen molar-refractivity contribution in [3.63, 3.8) is 0 Å². The highest BCUT2D eigenvalue weighted by atomic mass is 16.5. The molecule has 3 saturated carbocycles. The fourth-order valence-corrected chi connectivity index (χ4v) is 9.11. The van der Waals surface area contributed by atoms with Gasteiger partial charge in [-0.05, 0) is 105 Å². The molecule has 0 aromatic rings. The predicted octanol–water partition coefficient (Wildman–Crippen LogP) is 8.91. The SMILES string of the molecule is C/C=C(/C)C(=O)OC1CCC2(C)C(=CCC3C2CCC2(C)C(C(C)CCCC(C)C)CCC32)C1. The van der Waals surface area contributed by atoms with Crippen LogP contribution in [0.1, 0.15) is 119 Å². The zero-order chi connectivity index (χ0) is 24.7. The highest BCUT2D eigenvalue weighted by molar-refractivity contribution is 5.87. The Morgan fingerprint density at radius 2 is 1.85 bits per heavy atom. The molecule has 3 fully saturated rings. The average Bonchev–Trinajstić information content (AvgIpc) is 3.15. The summed E-state index contributed by atoms with van der Waals surface area (Å²) in [5.41, 5.74) is 3.21. The van der Waals surface area contributed by atoms with Crippen LogP contribution in [-0.2, 0) is 9.53 Å². The van der Waals surface area contributed by atoms with Crippen LogP contribution in [0, 0.1) is 46.3 Å². The van der Waals surface area contributed by atoms with Crippen LogP contribution in [0.15, 0.2) is 23.3 Å². The van der Waals surface area contributed by atoms with E-state index in [0.717, 1.165) is 53.9 Å². The van der Waals surface area contributed by atoms with E-state index in [9.17, 15) is 4.79 Å². The van der Waals surface area contributed by atoms with E-state index in [1.54, 1.807) is 5.57 Å². The molecule has 0 aromatic heterocycles. The molecule has 0 heterocycles. The van der Waals surface area contributed by atoms with Gasteiger partial charge in [0, 0.05) is 12.0 Å². The second kappa shape index (κ2) is 10.1. The lowest BCUT2D eigenvalue weighted by Gasteiger charge is -2.58. The molecule has 8 atom stereocenters. The number of hydrogen-bond acceptors (Lipinski definition) is 2. The summed E-state index contributed by atoms with van der Waals surface area (Å²) in [6.45, 7) is 16.3. The zero-order valence-corrected chi connectivity index (χ0v) is 23.3. The average molecular weight is 469 g/mol. The zero-order valence-electron chi connectivity index (χ0n) is 23.3. The third-order valence-corrected chi connectivity index (χ3v) is 11.3. The van der Waals surface area contributed by atoms with Crippen molar-refractivity contribution < 1.29 is 9.53 Å². The first-order valence-electron chi connectivity index (χ1n) is 14.6. The van der Waals surface area contributed by atoms with Crippen molar-refractivity contribution >= 4 is 5.97 Å². The minimum atomic E-state index is -0.127. The van der Waals surface area contributed by atoms with Gasteiger partial charge < -0.3 is 4.74 Å². The van der Waals surface area contributed by atoms with E-state index in [1.807, 2.05) is 19.9 Å². The molecule has 8 unspecified atom stereocenters. The van der Waals surface area contributed by atoms with Gasteiger partial charge in [-0.15, -0.1) is 0 Å². The summed E-state index contributed by atoms with van der Waals surface area (Å²) in [6, 6.07) is 0. The number of hydrogen-bond donors (Lipinski definition) is 0. The standard InChI is InChI=1S/C32H52O2/c1-8-22(4)30(33)34-25-16-18-31(6)24(20-25)12-13-26-28-15-14-27(23(5)11-9-10-21(2)3)32(28,7)19-17-29(26)31/h8,12,21,23,25-29H,9-11,13-20H2,1-7H3/b22-8-. The lowest BCUT2D eigenvalue weighted by atomic mass is 9.47. The second-order valence-corrected chi connectivity index (χ2v) is 13.5. The fraction of sp³-hybridized carbons (Fsp3) is 0.844. The number of rotatable bonds is 7. The van der Waals surface area contributed by atoms with Crippen LogP contribution in [0.4, 0.5) is 0 Å². The predicted molar refractivity (Wildman–Crippen MR) is 142 cm³/mol. The number of ether oxygens (including phenoxy) is 1. The Balaban J connectivity index is 1.44. The van der Waals surface area contributed by atoms with Gasteiger partial charge in [0.15, 0.2) is 0 Å². The highest BCUT2D eigenvalue weighted by Gasteiger charge is 2.59. The second-order valence-electron chi connectivity index (χ2n) is 13.5. The summed E-state index contributed by atoms with van der Waals surface area (Å²) in [5.74, 6) is 5.11. The monoisotopic (exact) mass is 468 g/mol. The molecule has 2 heteroatoms. The molecule has 4 aliphatic rings. The Morgan fingerprint density at radius 1 is 1.09 bits per heavy atom. The van der Waals surface area contributed by atoms with Gasteiger partial charge in [0.05, 0.1) is 0 Å². The van der Waals surface area contributed by atoms with Gasteiger partial charge in [-0.2, -0.15) is 0 Å². The first-order valence-corrected chi connectivity index (χ1v) is 14.6. The van der Waals surface area contributed by atoms with Crippen molar-refractivity contribution in [3.8, 4) is 0 Å². The number of fused-ring (bicyclic) bond motifs is 5. The molecule has 0 aliphatic heterocycles. The van der Waals surface area contributed by atoms with Crippen LogP contribution < -0.4 is 0 Å². The van der Waals surface area contributed by atoms with Crippen LogP contribution in [0.5, 0.6) is 0 Å². The molecule has 0 spiro atoms. The van der Waals surface area contributed by atoms with Crippen LogP contribution in [0.3, 0.4) is 0 Å². The fourth-order valence-electron chi connectivity index (χ4n) is 9.11. The van der Waals surface area contributed by atoms with Crippen molar-refractivity contribution in [2.75, 3.05) is 0 Å². The van der Waals surface area contributed by atoms with E-state index in [2.05, 4.69) is 40.7 Å². The first-order chi connectivity index (χ1) is 16.1. The van der Waals surface area contributed by atoms with Crippen LogP contribution in [0.25, 0.3) is 0 Å². The van der Waals surface area contributed by atoms with E-state index in [1.165, 1.54) is 57.8 Å². The molecular formula is C32H52O2. The van der Waals surface area contributed by atoms with Crippen LogP contribution in [-0.4, -0.2) is 12.1 Å². The van der Waals surface area contributed by atoms with Gasteiger partial charge in [0.1, 0.15) is 6.10 Å². The molecular weight excluding hydrogens is 416 g/mol. The summed E-state index contributed by atoms with van der Waals surface area (Å²) in [4.78, 5) is 12.3. The summed E-state index contributed by atoms with van der Waals surface area (Å²) in [7, 11) is 0. The van der Waals surface area contributed by atoms with E-state index in [4.69, 9.17) is 4.74 Å². The van der Waals surface area contributed by atoms with Crippen molar-refractivity contribution in [1.82, 2.24) is 0 Å². The maximum absolute atomic E-state index is 12.3. The molecule has 2 nitrogen and oxygen atoms in total. The third kappa shape index (κ3) is 4.69. The molecule has 192 valence electrons. The minimum absolute atomic E-state index is 0.0645. The Hall–Kier alpha value is -1.05. The van der Waals surface area contributed by atoms with Crippen LogP contribution in [0.2, 0.25) is 0 Å². The molecule has 0 bridgehead atoms. The van der Waals surface area contributed by atoms with Gasteiger partial charge in [0.2, 0.25) is 0 Å². The largest absolute Gasteiger partial charge is 0.459 e.